The topological polar surface area (TPSA) is 0 Å². The fourth-order valence-corrected chi connectivity index (χ4v) is 8.26. The third-order valence-electron chi connectivity index (χ3n) is 6.21. The summed E-state index contributed by atoms with van der Waals surface area (Å²) < 4.78 is 1.70. The van der Waals surface area contributed by atoms with Crippen LogP contribution in [-0.2, 0) is 0 Å². The van der Waals surface area contributed by atoms with E-state index < -0.39 is 0 Å². The van der Waals surface area contributed by atoms with Gasteiger partial charge in [-0.25, -0.2) is 0 Å². The molecule has 4 rings (SSSR count). The Bertz CT molecular complexity index is 520. The average molecular weight is 391 g/mol. The first-order valence-corrected chi connectivity index (χ1v) is 12.7. The first-order valence-electron chi connectivity index (χ1n) is 10.9. The van der Waals surface area contributed by atoms with Crippen molar-refractivity contribution in [1.82, 2.24) is 0 Å². The number of hydrogen-bond acceptors (Lipinski definition) is 2. The molecule has 0 aromatic rings. The molecule has 4 bridgehead atoms. The number of allylic oxidation sites excluding steroid dienone is 1. The van der Waals surface area contributed by atoms with E-state index in [9.17, 15) is 0 Å². The molecular formula is C24H38S2. The lowest BCUT2D eigenvalue weighted by Crippen LogP contribution is -2.45. The van der Waals surface area contributed by atoms with Crippen molar-refractivity contribution in [3.8, 4) is 11.8 Å². The van der Waals surface area contributed by atoms with Gasteiger partial charge in [0.25, 0.3) is 0 Å². The minimum atomic E-state index is 0.268. The van der Waals surface area contributed by atoms with Crippen molar-refractivity contribution in [2.24, 2.45) is 23.2 Å². The summed E-state index contributed by atoms with van der Waals surface area (Å²) in [6.07, 6.45) is 16.4. The van der Waals surface area contributed by atoms with Gasteiger partial charge in [0.15, 0.2) is 0 Å². The molecule has 0 saturated heterocycles. The summed E-state index contributed by atoms with van der Waals surface area (Å²) in [5.41, 5.74) is 0.383. The molecule has 0 N–H and O–H groups in total. The van der Waals surface area contributed by atoms with Crippen LogP contribution in [0.5, 0.6) is 0 Å². The van der Waals surface area contributed by atoms with Crippen LogP contribution in [0.1, 0.15) is 91.9 Å². The summed E-state index contributed by atoms with van der Waals surface area (Å²) in [4.78, 5) is 0. The van der Waals surface area contributed by atoms with Gasteiger partial charge in [0.1, 0.15) is 0 Å². The molecule has 0 aromatic carbocycles. The minimum Gasteiger partial charge on any atom is -0.119 e. The molecule has 4 aliphatic rings. The Morgan fingerprint density at radius 2 is 1.62 bits per heavy atom. The molecule has 146 valence electrons. The zero-order valence-electron chi connectivity index (χ0n) is 17.4. The Hall–Kier alpha value is -0.0000000000000000555. The van der Waals surface area contributed by atoms with Crippen LogP contribution in [0.2, 0.25) is 0 Å². The first kappa shape index (κ1) is 20.7. The van der Waals surface area contributed by atoms with Crippen molar-refractivity contribution in [2.45, 2.75) is 96.7 Å². The van der Waals surface area contributed by atoms with Gasteiger partial charge in [0.05, 0.1) is 0 Å². The van der Waals surface area contributed by atoms with E-state index in [0.29, 0.717) is 5.41 Å². The Labute approximate surface area is 171 Å². The maximum atomic E-state index is 3.80. The minimum absolute atomic E-state index is 0.268. The molecule has 26 heavy (non-hydrogen) atoms. The molecule has 0 spiro atoms. The van der Waals surface area contributed by atoms with Gasteiger partial charge in [0, 0.05) is 20.5 Å². The highest BCUT2D eigenvalue weighted by Crippen LogP contribution is 2.59. The number of hydrogen-bond donors (Lipinski definition) is 0. The van der Waals surface area contributed by atoms with Crippen molar-refractivity contribution >= 4 is 23.5 Å². The zero-order chi connectivity index (χ0) is 18.6. The first-order chi connectivity index (χ1) is 12.4. The van der Waals surface area contributed by atoms with Crippen molar-refractivity contribution in [2.75, 3.05) is 5.75 Å². The van der Waals surface area contributed by atoms with Crippen molar-refractivity contribution in [1.29, 1.82) is 0 Å². The highest BCUT2D eigenvalue weighted by Gasteiger charge is 2.50. The molecule has 0 unspecified atom stereocenters. The maximum Gasteiger partial charge on any atom is 0.0490 e. The molecule has 0 nitrogen and oxygen atoms in total. The Morgan fingerprint density at radius 3 is 2.15 bits per heavy atom. The molecule has 0 aliphatic heterocycles. The molecule has 0 heterocycles. The normalized spacial score (nSPS) is 33.2. The largest absolute Gasteiger partial charge is 0.119 e. The highest BCUT2D eigenvalue weighted by atomic mass is 32.2. The second kappa shape index (κ2) is 9.00. The van der Waals surface area contributed by atoms with Gasteiger partial charge in [-0.1, -0.05) is 58.8 Å². The second-order valence-electron chi connectivity index (χ2n) is 10.1. The van der Waals surface area contributed by atoms with E-state index in [2.05, 4.69) is 45.6 Å². The summed E-state index contributed by atoms with van der Waals surface area (Å²) in [7, 11) is 0. The van der Waals surface area contributed by atoms with Crippen molar-refractivity contribution in [3.05, 3.63) is 10.3 Å². The summed E-state index contributed by atoms with van der Waals surface area (Å²) in [6.45, 7) is 9.23. The lowest BCUT2D eigenvalue weighted by molar-refractivity contribution is -0.0181. The Kier molecular flexibility index (Phi) is 7.17. The summed E-state index contributed by atoms with van der Waals surface area (Å²) in [6, 6.07) is 0. The van der Waals surface area contributed by atoms with Gasteiger partial charge < -0.3 is 0 Å². The molecule has 0 amide bonds. The molecular weight excluding hydrogens is 352 g/mol. The van der Waals surface area contributed by atoms with Gasteiger partial charge in [-0.2, -0.15) is 0 Å². The van der Waals surface area contributed by atoms with Crippen LogP contribution in [0.25, 0.3) is 0 Å². The summed E-state index contributed by atoms with van der Waals surface area (Å²) >= 11 is 4.04. The lowest BCUT2D eigenvalue weighted by atomic mass is 9.50. The molecule has 0 radical (unpaired) electrons. The van der Waals surface area contributed by atoms with E-state index in [-0.39, 0.29) is 4.75 Å². The molecule has 4 fully saturated rings. The molecule has 2 heteroatoms. The van der Waals surface area contributed by atoms with Crippen LogP contribution < -0.4 is 0 Å². The average Bonchev–Trinajstić information content (AvgIpc) is 2.51. The number of thioether (sulfide) groups is 2. The van der Waals surface area contributed by atoms with Gasteiger partial charge in [-0.15, -0.1) is 23.5 Å². The fraction of sp³-hybridized carbons (Fsp3) is 0.833. The van der Waals surface area contributed by atoms with Crippen LogP contribution in [-0.4, -0.2) is 10.5 Å². The predicted molar refractivity (Wildman–Crippen MR) is 120 cm³/mol. The third-order valence-corrected chi connectivity index (χ3v) is 8.64. The summed E-state index contributed by atoms with van der Waals surface area (Å²) in [5.74, 6) is 11.6. The van der Waals surface area contributed by atoms with Crippen molar-refractivity contribution < 1.29 is 0 Å². The Balaban J connectivity index is 1.61. The van der Waals surface area contributed by atoms with E-state index in [1.54, 1.807) is 0 Å². The zero-order valence-corrected chi connectivity index (χ0v) is 19.0. The second-order valence-corrected chi connectivity index (χ2v) is 13.3. The smallest absolute Gasteiger partial charge is 0.0490 e. The van der Waals surface area contributed by atoms with Crippen LogP contribution >= 0.6 is 23.5 Å². The number of unbranched alkanes of at least 4 members (excludes halogenated alkanes) is 3. The SMILES string of the molecule is CCCCCCS/C(=C\C#CC12CC3CC(CC(C3)C1)C2)SC(C)(C)C. The van der Waals surface area contributed by atoms with Crippen LogP contribution in [0.3, 0.4) is 0 Å². The van der Waals surface area contributed by atoms with E-state index in [1.807, 2.05) is 23.5 Å². The predicted octanol–water partition coefficient (Wildman–Crippen LogP) is 7.89. The van der Waals surface area contributed by atoms with E-state index in [4.69, 9.17) is 0 Å². The van der Waals surface area contributed by atoms with E-state index >= 15 is 0 Å². The molecule has 4 saturated carbocycles. The van der Waals surface area contributed by atoms with Gasteiger partial charge >= 0.3 is 0 Å². The number of rotatable bonds is 7. The third kappa shape index (κ3) is 6.00. The van der Waals surface area contributed by atoms with Gasteiger partial charge in [-0.3, -0.25) is 0 Å². The Morgan fingerprint density at radius 1 is 1.00 bits per heavy atom. The van der Waals surface area contributed by atoms with Crippen LogP contribution in [0.15, 0.2) is 10.3 Å². The van der Waals surface area contributed by atoms with Gasteiger partial charge in [-0.05, 0) is 68.5 Å². The lowest BCUT2D eigenvalue weighted by Gasteiger charge is -2.54. The molecule has 0 atom stereocenters. The summed E-state index contributed by atoms with van der Waals surface area (Å²) in [5, 5.41) is 0. The van der Waals surface area contributed by atoms with E-state index in [0.717, 1.165) is 17.8 Å². The fourth-order valence-electron chi connectivity index (χ4n) is 5.62. The standard InChI is InChI=1S/C24H38S2/c1-5-6-7-8-12-25-22(26-23(2,3)4)10-9-11-24-16-19-13-20(17-24)15-21(14-19)18-24/h10,19-21H,5-8,12-18H2,1-4H3/b22-10+. The van der Waals surface area contributed by atoms with E-state index in [1.165, 1.54) is 74.2 Å². The van der Waals surface area contributed by atoms with Gasteiger partial charge in [0.2, 0.25) is 0 Å². The van der Waals surface area contributed by atoms with Crippen molar-refractivity contribution in [3.63, 3.8) is 0 Å². The highest BCUT2D eigenvalue weighted by molar-refractivity contribution is 8.22. The monoisotopic (exact) mass is 390 g/mol. The molecule has 4 aliphatic carbocycles. The maximum absolute atomic E-state index is 3.80. The quantitative estimate of drug-likeness (QED) is 0.320. The van der Waals surface area contributed by atoms with Crippen LogP contribution in [0, 0.1) is 35.0 Å². The van der Waals surface area contributed by atoms with Crippen LogP contribution in [0.4, 0.5) is 0 Å². The molecule has 0 aromatic heterocycles.